The van der Waals surface area contributed by atoms with Crippen LogP contribution >= 0.6 is 0 Å². The van der Waals surface area contributed by atoms with Crippen LogP contribution in [0.25, 0.3) is 0 Å². The number of rotatable bonds is 63. The number of hydrogen-bond donors (Lipinski definition) is 3. The van der Waals surface area contributed by atoms with Crippen molar-refractivity contribution in [1.82, 2.24) is 5.32 Å². The van der Waals surface area contributed by atoms with E-state index in [0.717, 1.165) is 38.5 Å². The quantitative estimate of drug-likeness (QED) is 0.0320. The minimum atomic E-state index is -0.839. The molecule has 1 amide bonds. The second kappa shape index (κ2) is 63.1. The maximum atomic E-state index is 12.4. The fourth-order valence-electron chi connectivity index (χ4n) is 10.7. The highest BCUT2D eigenvalue weighted by molar-refractivity contribution is 5.76. The van der Waals surface area contributed by atoms with Gasteiger partial charge in [-0.25, -0.2) is 0 Å². The van der Waals surface area contributed by atoms with Crippen molar-refractivity contribution in [1.29, 1.82) is 0 Å². The van der Waals surface area contributed by atoms with Gasteiger partial charge in [-0.15, -0.1) is 0 Å². The van der Waals surface area contributed by atoms with E-state index in [-0.39, 0.29) is 18.5 Å². The molecule has 0 aromatic rings. The first-order chi connectivity index (χ1) is 36.0. The number of allylic oxidation sites excluding steroid dienone is 1. The number of carbonyl (C=O) groups excluding carboxylic acids is 2. The Kier molecular flexibility index (Phi) is 61.9. The van der Waals surface area contributed by atoms with Gasteiger partial charge in [0.2, 0.25) is 5.91 Å². The van der Waals surface area contributed by atoms with Crippen molar-refractivity contribution in [2.24, 2.45) is 0 Å². The van der Waals surface area contributed by atoms with E-state index in [1.54, 1.807) is 6.08 Å². The van der Waals surface area contributed by atoms with Crippen molar-refractivity contribution >= 4 is 11.9 Å². The molecule has 2 atom stereocenters. The van der Waals surface area contributed by atoms with Crippen LogP contribution in [0.1, 0.15) is 380 Å². The molecule has 0 spiro atoms. The van der Waals surface area contributed by atoms with Crippen LogP contribution in [0, 0.1) is 0 Å². The summed E-state index contributed by atoms with van der Waals surface area (Å²) in [6.07, 6.45) is 77.2. The van der Waals surface area contributed by atoms with Crippen LogP contribution in [0.4, 0.5) is 0 Å². The average Bonchev–Trinajstić information content (AvgIpc) is 3.39. The number of ether oxygens (including phenoxy) is 1. The summed E-state index contributed by atoms with van der Waals surface area (Å²) < 4.78 is 5.48. The third-order valence-electron chi connectivity index (χ3n) is 15.8. The fraction of sp³-hybridized carbons (Fsp3) is 0.940. The van der Waals surface area contributed by atoms with Crippen LogP contribution in [0.3, 0.4) is 0 Å². The van der Waals surface area contributed by atoms with Gasteiger partial charge in [0.1, 0.15) is 0 Å². The zero-order chi connectivity index (χ0) is 52.9. The molecule has 0 rings (SSSR count). The number of amides is 1. The number of aliphatic hydroxyl groups excluding tert-OH is 2. The van der Waals surface area contributed by atoms with E-state index in [2.05, 4.69) is 19.2 Å². The van der Waals surface area contributed by atoms with Gasteiger partial charge >= 0.3 is 5.97 Å². The Bertz CT molecular complexity index is 1100. The Morgan fingerprint density at radius 1 is 0.370 bits per heavy atom. The lowest BCUT2D eigenvalue weighted by Crippen LogP contribution is -2.45. The van der Waals surface area contributed by atoms with Crippen LogP contribution in [0.15, 0.2) is 12.2 Å². The highest BCUT2D eigenvalue weighted by atomic mass is 16.5. The van der Waals surface area contributed by atoms with Crippen molar-refractivity contribution in [3.63, 3.8) is 0 Å². The highest BCUT2D eigenvalue weighted by Gasteiger charge is 2.18. The van der Waals surface area contributed by atoms with Gasteiger partial charge < -0.3 is 20.3 Å². The van der Waals surface area contributed by atoms with Crippen molar-refractivity contribution in [2.45, 2.75) is 392 Å². The topological polar surface area (TPSA) is 95.9 Å². The molecule has 0 saturated heterocycles. The predicted octanol–water partition coefficient (Wildman–Crippen LogP) is 21.2. The van der Waals surface area contributed by atoms with Crippen LogP contribution in [0.5, 0.6) is 0 Å². The van der Waals surface area contributed by atoms with Gasteiger partial charge in [-0.1, -0.05) is 347 Å². The fourth-order valence-corrected chi connectivity index (χ4v) is 10.7. The summed E-state index contributed by atoms with van der Waals surface area (Å²) in [5.41, 5.74) is 0. The SMILES string of the molecule is CCCCCCCCCCCC/C=C/C(O)C(CO)NC(=O)CCCCCCCCCCCCCCCCCCCCCCCCCCCCCCCCCCCOC(=O)CCCCCCCCCCCCC. The molecule has 6 heteroatoms. The Labute approximate surface area is 457 Å². The van der Waals surface area contributed by atoms with E-state index in [1.165, 1.54) is 315 Å². The first-order valence-electron chi connectivity index (χ1n) is 33.5. The summed E-state index contributed by atoms with van der Waals surface area (Å²) >= 11 is 0. The first-order valence-corrected chi connectivity index (χ1v) is 33.5. The Balaban J connectivity index is 3.31. The normalized spacial score (nSPS) is 12.5. The third kappa shape index (κ3) is 59.7. The molecule has 0 aromatic heterocycles. The summed E-state index contributed by atoms with van der Waals surface area (Å²) in [5, 5.41) is 23.1. The average molecular weight is 1030 g/mol. The number of carbonyl (C=O) groups is 2. The molecule has 0 aliphatic carbocycles. The Morgan fingerprint density at radius 3 is 0.932 bits per heavy atom. The predicted molar refractivity (Wildman–Crippen MR) is 320 cm³/mol. The van der Waals surface area contributed by atoms with Crippen molar-refractivity contribution in [2.75, 3.05) is 13.2 Å². The molecule has 6 nitrogen and oxygen atoms in total. The molecule has 0 saturated carbocycles. The van der Waals surface area contributed by atoms with Gasteiger partial charge in [0, 0.05) is 12.8 Å². The second-order valence-corrected chi connectivity index (χ2v) is 23.2. The Hall–Kier alpha value is -1.40. The van der Waals surface area contributed by atoms with E-state index in [4.69, 9.17) is 4.74 Å². The lowest BCUT2D eigenvalue weighted by molar-refractivity contribution is -0.143. The van der Waals surface area contributed by atoms with Crippen molar-refractivity contribution < 1.29 is 24.5 Å². The summed E-state index contributed by atoms with van der Waals surface area (Å²) in [7, 11) is 0. The van der Waals surface area contributed by atoms with Gasteiger partial charge in [0.15, 0.2) is 0 Å². The molecular weight excluding hydrogens is 899 g/mol. The second-order valence-electron chi connectivity index (χ2n) is 23.2. The van der Waals surface area contributed by atoms with Crippen LogP contribution in [-0.4, -0.2) is 47.4 Å². The molecule has 0 aliphatic heterocycles. The van der Waals surface area contributed by atoms with Crippen LogP contribution in [0.2, 0.25) is 0 Å². The summed E-state index contributed by atoms with van der Waals surface area (Å²) in [6, 6.07) is -0.622. The van der Waals surface area contributed by atoms with Gasteiger partial charge in [-0.3, -0.25) is 9.59 Å². The molecule has 0 aliphatic rings. The zero-order valence-corrected chi connectivity index (χ0v) is 49.6. The van der Waals surface area contributed by atoms with E-state index in [1.807, 2.05) is 6.08 Å². The standard InChI is InChI=1S/C67H131NO5/c1-3-5-7-9-11-13-15-40-43-47-51-55-59-65(70)64(63-69)68-66(71)60-56-52-48-44-41-37-35-33-31-29-27-25-23-21-19-17-16-18-20-22-24-26-28-30-32-34-36-38-42-46-50-54-58-62-73-67(72)61-57-53-49-45-39-14-12-10-8-6-4-2/h55,59,64-65,69-70H,3-54,56-58,60-63H2,1-2H3,(H,68,71)/b59-55+. The maximum absolute atomic E-state index is 12.4. The zero-order valence-electron chi connectivity index (χ0n) is 49.6. The van der Waals surface area contributed by atoms with E-state index < -0.39 is 12.1 Å². The lowest BCUT2D eigenvalue weighted by Gasteiger charge is -2.20. The molecule has 0 heterocycles. The van der Waals surface area contributed by atoms with Gasteiger partial charge in [0.25, 0.3) is 0 Å². The molecule has 2 unspecified atom stereocenters. The highest BCUT2D eigenvalue weighted by Crippen LogP contribution is 2.19. The van der Waals surface area contributed by atoms with Gasteiger partial charge in [-0.05, 0) is 32.1 Å². The third-order valence-corrected chi connectivity index (χ3v) is 15.8. The number of unbranched alkanes of at least 4 members (excludes halogenated alkanes) is 52. The van der Waals surface area contributed by atoms with Crippen LogP contribution in [-0.2, 0) is 14.3 Å². The van der Waals surface area contributed by atoms with Crippen LogP contribution < -0.4 is 5.32 Å². The molecule has 73 heavy (non-hydrogen) atoms. The minimum absolute atomic E-state index is 0.0217. The van der Waals surface area contributed by atoms with Crippen molar-refractivity contribution in [3.05, 3.63) is 12.2 Å². The minimum Gasteiger partial charge on any atom is -0.466 e. The first kappa shape index (κ1) is 71.6. The number of hydrogen-bond acceptors (Lipinski definition) is 5. The monoisotopic (exact) mass is 1030 g/mol. The van der Waals surface area contributed by atoms with E-state index in [9.17, 15) is 19.8 Å². The molecule has 0 radical (unpaired) electrons. The van der Waals surface area contributed by atoms with Gasteiger partial charge in [-0.2, -0.15) is 0 Å². The van der Waals surface area contributed by atoms with Gasteiger partial charge in [0.05, 0.1) is 25.4 Å². The molecule has 434 valence electrons. The maximum Gasteiger partial charge on any atom is 0.305 e. The molecule has 0 aromatic carbocycles. The lowest BCUT2D eigenvalue weighted by atomic mass is 10.0. The molecule has 3 N–H and O–H groups in total. The summed E-state index contributed by atoms with van der Waals surface area (Å²) in [5.74, 6) is -0.0403. The molecule has 0 fully saturated rings. The smallest absolute Gasteiger partial charge is 0.305 e. The van der Waals surface area contributed by atoms with Crippen molar-refractivity contribution in [3.8, 4) is 0 Å². The molecule has 0 bridgehead atoms. The Morgan fingerprint density at radius 2 is 0.630 bits per heavy atom. The van der Waals surface area contributed by atoms with E-state index in [0.29, 0.717) is 19.4 Å². The summed E-state index contributed by atoms with van der Waals surface area (Å²) in [4.78, 5) is 24.4. The number of aliphatic hydroxyl groups is 2. The van der Waals surface area contributed by atoms with E-state index >= 15 is 0 Å². The largest absolute Gasteiger partial charge is 0.466 e. The number of esters is 1. The summed E-state index contributed by atoms with van der Waals surface area (Å²) in [6.45, 7) is 4.92. The number of nitrogens with one attached hydrogen (secondary N) is 1. The molecular formula is C67H131NO5.